The second-order valence-electron chi connectivity index (χ2n) is 7.22. The van der Waals surface area contributed by atoms with E-state index < -0.39 is 11.9 Å². The van der Waals surface area contributed by atoms with Gasteiger partial charge in [-0.15, -0.1) is 0 Å². The van der Waals surface area contributed by atoms with Crippen LogP contribution in [0.4, 0.5) is 4.39 Å². The van der Waals surface area contributed by atoms with Crippen LogP contribution in [0.2, 0.25) is 5.02 Å². The van der Waals surface area contributed by atoms with Crippen LogP contribution >= 0.6 is 11.6 Å². The van der Waals surface area contributed by atoms with Crippen LogP contribution in [-0.4, -0.2) is 26.9 Å². The number of amides is 1. The molecule has 0 N–H and O–H groups in total. The van der Waals surface area contributed by atoms with Gasteiger partial charge >= 0.3 is 0 Å². The number of fused-ring (bicyclic) bond motifs is 1. The van der Waals surface area contributed by atoms with Crippen LogP contribution in [0.3, 0.4) is 0 Å². The van der Waals surface area contributed by atoms with E-state index in [0.717, 1.165) is 12.8 Å². The van der Waals surface area contributed by atoms with Gasteiger partial charge in [0.15, 0.2) is 0 Å². The zero-order chi connectivity index (χ0) is 21.8. The molecule has 1 amide bonds. The second kappa shape index (κ2) is 9.39. The molecule has 158 valence electrons. The van der Waals surface area contributed by atoms with E-state index in [4.69, 9.17) is 16.6 Å². The van der Waals surface area contributed by atoms with E-state index in [1.807, 2.05) is 20.8 Å². The molecule has 7 heteroatoms. The molecule has 0 bridgehead atoms. The maximum absolute atomic E-state index is 13.7. The molecule has 3 aromatic rings. The smallest absolute Gasteiger partial charge is 0.261 e. The van der Waals surface area contributed by atoms with Crippen molar-refractivity contribution < 1.29 is 9.18 Å². The van der Waals surface area contributed by atoms with Gasteiger partial charge in [-0.2, -0.15) is 0 Å². The number of aromatic nitrogens is 2. The van der Waals surface area contributed by atoms with Crippen molar-refractivity contribution in [2.45, 2.75) is 46.2 Å². The molecule has 3 rings (SSSR count). The van der Waals surface area contributed by atoms with Gasteiger partial charge in [0.05, 0.1) is 16.9 Å². The zero-order valence-corrected chi connectivity index (χ0v) is 18.1. The summed E-state index contributed by atoms with van der Waals surface area (Å²) < 4.78 is 15.3. The quantitative estimate of drug-likeness (QED) is 0.517. The molecule has 0 aliphatic carbocycles. The minimum atomic E-state index is -0.483. The zero-order valence-electron chi connectivity index (χ0n) is 17.4. The van der Waals surface area contributed by atoms with Gasteiger partial charge in [-0.05, 0) is 56.7 Å². The summed E-state index contributed by atoms with van der Waals surface area (Å²) in [7, 11) is 0. The Balaban J connectivity index is 2.11. The molecule has 0 aliphatic rings. The number of unbranched alkanes of at least 4 members (excludes halogenated alkanes) is 1. The lowest BCUT2D eigenvalue weighted by atomic mass is 10.1. The lowest BCUT2D eigenvalue weighted by molar-refractivity contribution is 0.0675. The predicted octanol–water partition coefficient (Wildman–Crippen LogP) is 5.21. The molecule has 1 aromatic heterocycles. The Labute approximate surface area is 180 Å². The number of nitrogens with zero attached hydrogens (tertiary/aromatic N) is 3. The minimum absolute atomic E-state index is 0.172. The summed E-state index contributed by atoms with van der Waals surface area (Å²) in [6.07, 6.45) is 1.67. The highest BCUT2D eigenvalue weighted by Gasteiger charge is 2.26. The lowest BCUT2D eigenvalue weighted by Crippen LogP contribution is -2.38. The van der Waals surface area contributed by atoms with Crippen molar-refractivity contribution in [2.24, 2.45) is 0 Å². The Morgan fingerprint density at radius 3 is 2.67 bits per heavy atom. The largest absolute Gasteiger partial charge is 0.329 e. The van der Waals surface area contributed by atoms with E-state index in [1.54, 1.807) is 33.7 Å². The summed E-state index contributed by atoms with van der Waals surface area (Å²) in [6, 6.07) is 10.1. The number of carbonyl (C=O) groups is 1. The van der Waals surface area contributed by atoms with Crippen LogP contribution in [0, 0.1) is 5.82 Å². The van der Waals surface area contributed by atoms with Crippen molar-refractivity contribution in [3.05, 3.63) is 75.0 Å². The number of rotatable bonds is 7. The van der Waals surface area contributed by atoms with Gasteiger partial charge < -0.3 is 4.90 Å². The van der Waals surface area contributed by atoms with Crippen molar-refractivity contribution in [3.63, 3.8) is 0 Å². The van der Waals surface area contributed by atoms with Crippen molar-refractivity contribution in [1.29, 1.82) is 0 Å². The highest BCUT2D eigenvalue weighted by molar-refractivity contribution is 6.31. The first kappa shape index (κ1) is 22.0. The van der Waals surface area contributed by atoms with E-state index >= 15 is 0 Å². The number of carbonyl (C=O) groups excluding carboxylic acids is 1. The van der Waals surface area contributed by atoms with Crippen molar-refractivity contribution in [1.82, 2.24) is 14.5 Å². The Morgan fingerprint density at radius 2 is 2.00 bits per heavy atom. The van der Waals surface area contributed by atoms with Crippen LogP contribution in [0.1, 0.15) is 55.8 Å². The van der Waals surface area contributed by atoms with Gasteiger partial charge in [-0.1, -0.05) is 31.0 Å². The van der Waals surface area contributed by atoms with E-state index in [1.165, 1.54) is 18.2 Å². The molecule has 0 radical (unpaired) electrons. The molecular formula is C23H25ClFN3O2. The monoisotopic (exact) mass is 429 g/mol. The van der Waals surface area contributed by atoms with Crippen LogP contribution in [-0.2, 0) is 6.54 Å². The fourth-order valence-electron chi connectivity index (χ4n) is 3.56. The fourth-order valence-corrected chi connectivity index (χ4v) is 3.73. The summed E-state index contributed by atoms with van der Waals surface area (Å²) in [4.78, 5) is 32.6. The van der Waals surface area contributed by atoms with Crippen LogP contribution in [0.15, 0.2) is 47.3 Å². The SMILES string of the molecule is CCCCN(C(=O)c1cccc(F)c1)C(C)c1nc2cc(Cl)ccc2c(=O)n1CC. The summed E-state index contributed by atoms with van der Waals surface area (Å²) in [5.74, 6) is -0.274. The topological polar surface area (TPSA) is 55.2 Å². The molecule has 0 aliphatic heterocycles. The third kappa shape index (κ3) is 4.38. The van der Waals surface area contributed by atoms with Crippen molar-refractivity contribution >= 4 is 28.4 Å². The van der Waals surface area contributed by atoms with E-state index in [-0.39, 0.29) is 17.0 Å². The molecule has 1 unspecified atom stereocenters. The first-order chi connectivity index (χ1) is 14.4. The maximum atomic E-state index is 13.7. The van der Waals surface area contributed by atoms with Gasteiger partial charge in [-0.25, -0.2) is 9.37 Å². The highest BCUT2D eigenvalue weighted by atomic mass is 35.5. The molecule has 0 saturated heterocycles. The Kier molecular flexibility index (Phi) is 6.87. The van der Waals surface area contributed by atoms with Crippen LogP contribution < -0.4 is 5.56 Å². The first-order valence-corrected chi connectivity index (χ1v) is 10.5. The number of halogens is 2. The first-order valence-electron chi connectivity index (χ1n) is 10.1. The molecular weight excluding hydrogens is 405 g/mol. The molecule has 1 atom stereocenters. The average molecular weight is 430 g/mol. The summed E-state index contributed by atoms with van der Waals surface area (Å²) in [5, 5.41) is 0.967. The number of hydrogen-bond acceptors (Lipinski definition) is 3. The van der Waals surface area contributed by atoms with Crippen molar-refractivity contribution in [2.75, 3.05) is 6.54 Å². The number of benzene rings is 2. The summed E-state index contributed by atoms with van der Waals surface area (Å²) >= 11 is 6.10. The Morgan fingerprint density at radius 1 is 1.23 bits per heavy atom. The van der Waals surface area contributed by atoms with Gasteiger partial charge in [0.25, 0.3) is 11.5 Å². The number of hydrogen-bond donors (Lipinski definition) is 0. The third-order valence-electron chi connectivity index (χ3n) is 5.19. The molecule has 30 heavy (non-hydrogen) atoms. The van der Waals surface area contributed by atoms with Crippen LogP contribution in [0.5, 0.6) is 0 Å². The van der Waals surface area contributed by atoms with Gasteiger partial charge in [0.2, 0.25) is 0 Å². The van der Waals surface area contributed by atoms with Crippen LogP contribution in [0.25, 0.3) is 10.9 Å². The van der Waals surface area contributed by atoms with Gasteiger partial charge in [0.1, 0.15) is 11.6 Å². The van der Waals surface area contributed by atoms with E-state index in [2.05, 4.69) is 0 Å². The average Bonchev–Trinajstić information content (AvgIpc) is 2.73. The van der Waals surface area contributed by atoms with Gasteiger partial charge in [-0.3, -0.25) is 14.2 Å². The molecule has 2 aromatic carbocycles. The predicted molar refractivity (Wildman–Crippen MR) is 117 cm³/mol. The molecule has 0 saturated carbocycles. The maximum Gasteiger partial charge on any atom is 0.261 e. The second-order valence-corrected chi connectivity index (χ2v) is 7.66. The molecule has 0 fully saturated rings. The van der Waals surface area contributed by atoms with Crippen molar-refractivity contribution in [3.8, 4) is 0 Å². The standard InChI is InChI=1S/C23H25ClFN3O2/c1-4-6-12-28(22(29)16-8-7-9-18(25)13-16)15(3)21-26-20-14-17(24)10-11-19(20)23(30)27(21)5-2/h7-11,13-15H,4-6,12H2,1-3H3. The van der Waals surface area contributed by atoms with Gasteiger partial charge in [0, 0.05) is 23.7 Å². The lowest BCUT2D eigenvalue weighted by Gasteiger charge is -2.30. The minimum Gasteiger partial charge on any atom is -0.329 e. The van der Waals surface area contributed by atoms with E-state index in [0.29, 0.717) is 34.8 Å². The third-order valence-corrected chi connectivity index (χ3v) is 5.42. The summed E-state index contributed by atoms with van der Waals surface area (Å²) in [5.41, 5.74) is 0.592. The Hall–Kier alpha value is -2.73. The molecule has 5 nitrogen and oxygen atoms in total. The highest BCUT2D eigenvalue weighted by Crippen LogP contribution is 2.24. The molecule has 0 spiro atoms. The normalized spacial score (nSPS) is 12.2. The summed E-state index contributed by atoms with van der Waals surface area (Å²) in [6.45, 7) is 6.64. The van der Waals surface area contributed by atoms with E-state index in [9.17, 15) is 14.0 Å². The molecule has 1 heterocycles. The Bertz CT molecular complexity index is 1130. The fraction of sp³-hybridized carbons (Fsp3) is 0.348.